The molecule has 0 aromatic rings. The summed E-state index contributed by atoms with van der Waals surface area (Å²) in [6.07, 6.45) is 0. The highest BCUT2D eigenvalue weighted by Crippen LogP contribution is 2.29. The van der Waals surface area contributed by atoms with Gasteiger partial charge in [-0.25, -0.2) is 4.79 Å². The number of carbonyl (C=O) groups excluding carboxylic acids is 1. The number of thioether (sulfide) groups is 1. The average Bonchev–Trinajstić information content (AvgIpc) is 2.59. The molecule has 1 aliphatic rings. The van der Waals surface area contributed by atoms with E-state index in [1.165, 1.54) is 23.8 Å². The molecule has 0 aliphatic carbocycles. The molecule has 0 aromatic heterocycles. The van der Waals surface area contributed by atoms with E-state index in [-0.39, 0.29) is 17.9 Å². The number of amides is 1. The van der Waals surface area contributed by atoms with E-state index in [1.54, 1.807) is 6.92 Å². The Hall–Kier alpha value is -0.790. The highest BCUT2D eigenvalue weighted by molar-refractivity contribution is 8.00. The Morgan fingerprint density at radius 2 is 2.31 bits per heavy atom. The molecule has 3 unspecified atom stereocenters. The van der Waals surface area contributed by atoms with Gasteiger partial charge in [0.05, 0.1) is 12.0 Å². The summed E-state index contributed by atoms with van der Waals surface area (Å²) >= 11 is 1.43. The van der Waals surface area contributed by atoms with Crippen LogP contribution in [0, 0.1) is 0 Å². The van der Waals surface area contributed by atoms with Gasteiger partial charge in [0.25, 0.3) is 0 Å². The fourth-order valence-corrected chi connectivity index (χ4v) is 2.79. The number of ether oxygens (including phenoxy) is 1. The van der Waals surface area contributed by atoms with Crippen molar-refractivity contribution in [2.24, 2.45) is 5.73 Å². The Bertz CT molecular complexity index is 287. The first-order valence-electron chi connectivity index (χ1n) is 4.90. The third-order valence-electron chi connectivity index (χ3n) is 2.43. The summed E-state index contributed by atoms with van der Waals surface area (Å²) < 4.78 is 4.79. The van der Waals surface area contributed by atoms with Crippen LogP contribution < -0.4 is 5.73 Å². The number of aliphatic carboxylic acids is 1. The third-order valence-corrected chi connectivity index (χ3v) is 3.64. The number of carboxylic acid groups (broad SMARTS) is 1. The molecule has 1 saturated heterocycles. The number of carbonyl (C=O) groups is 2. The lowest BCUT2D eigenvalue weighted by Gasteiger charge is -2.27. The first-order chi connectivity index (χ1) is 7.49. The first kappa shape index (κ1) is 13.3. The lowest BCUT2D eigenvalue weighted by Crippen LogP contribution is -2.52. The molecule has 0 aromatic carbocycles. The van der Waals surface area contributed by atoms with Crippen molar-refractivity contribution in [1.29, 1.82) is 0 Å². The van der Waals surface area contributed by atoms with Crippen molar-refractivity contribution in [1.82, 2.24) is 4.90 Å². The lowest BCUT2D eigenvalue weighted by molar-refractivity contribution is -0.149. The van der Waals surface area contributed by atoms with Crippen molar-refractivity contribution in [3.05, 3.63) is 0 Å². The first-order valence-corrected chi connectivity index (χ1v) is 5.95. The second-order valence-electron chi connectivity index (χ2n) is 3.59. The van der Waals surface area contributed by atoms with Crippen LogP contribution in [-0.2, 0) is 14.3 Å². The van der Waals surface area contributed by atoms with Gasteiger partial charge < -0.3 is 20.5 Å². The maximum absolute atomic E-state index is 11.9. The van der Waals surface area contributed by atoms with E-state index >= 15 is 0 Å². The van der Waals surface area contributed by atoms with E-state index < -0.39 is 18.1 Å². The van der Waals surface area contributed by atoms with Gasteiger partial charge in [0.2, 0.25) is 5.91 Å². The van der Waals surface area contributed by atoms with E-state index in [1.807, 2.05) is 0 Å². The summed E-state index contributed by atoms with van der Waals surface area (Å²) in [6, 6.07) is -1.58. The number of nitrogens with zero attached hydrogens (tertiary/aromatic N) is 1. The zero-order valence-electron chi connectivity index (χ0n) is 9.25. The molecule has 1 amide bonds. The quantitative estimate of drug-likeness (QED) is 0.685. The van der Waals surface area contributed by atoms with Gasteiger partial charge in [-0.3, -0.25) is 4.79 Å². The topological polar surface area (TPSA) is 92.9 Å². The molecular formula is C9H16N2O4S. The van der Waals surface area contributed by atoms with Crippen LogP contribution in [0.5, 0.6) is 0 Å². The second kappa shape index (κ2) is 5.51. The molecule has 1 rings (SSSR count). The Morgan fingerprint density at radius 3 is 2.81 bits per heavy atom. The second-order valence-corrected chi connectivity index (χ2v) is 4.94. The molecule has 3 N–H and O–H groups in total. The van der Waals surface area contributed by atoms with Gasteiger partial charge in [0.1, 0.15) is 12.1 Å². The molecule has 3 atom stereocenters. The summed E-state index contributed by atoms with van der Waals surface area (Å²) in [6.45, 7) is 1.89. The molecule has 0 saturated carbocycles. The smallest absolute Gasteiger partial charge is 0.327 e. The van der Waals surface area contributed by atoms with Crippen molar-refractivity contribution < 1.29 is 19.4 Å². The van der Waals surface area contributed by atoms with Crippen LogP contribution in [0.3, 0.4) is 0 Å². The largest absolute Gasteiger partial charge is 0.480 e. The molecule has 0 radical (unpaired) electrons. The van der Waals surface area contributed by atoms with Gasteiger partial charge in [0.15, 0.2) is 0 Å². The van der Waals surface area contributed by atoms with Crippen LogP contribution in [0.25, 0.3) is 0 Å². The van der Waals surface area contributed by atoms with E-state index in [2.05, 4.69) is 0 Å². The van der Waals surface area contributed by atoms with Crippen molar-refractivity contribution in [2.45, 2.75) is 24.4 Å². The van der Waals surface area contributed by atoms with Gasteiger partial charge in [-0.05, 0) is 6.92 Å². The third kappa shape index (κ3) is 2.66. The zero-order valence-corrected chi connectivity index (χ0v) is 10.1. The molecule has 1 fully saturated rings. The minimum Gasteiger partial charge on any atom is -0.480 e. The van der Waals surface area contributed by atoms with Crippen LogP contribution in [0.15, 0.2) is 0 Å². The molecule has 7 heteroatoms. The Kier molecular flexibility index (Phi) is 4.57. The Labute approximate surface area is 98.1 Å². The molecule has 1 aliphatic heterocycles. The average molecular weight is 248 g/mol. The molecule has 0 spiro atoms. The Balaban J connectivity index is 2.75. The highest BCUT2D eigenvalue weighted by atomic mass is 32.2. The number of carboxylic acids is 1. The van der Waals surface area contributed by atoms with Crippen molar-refractivity contribution >= 4 is 23.6 Å². The summed E-state index contributed by atoms with van der Waals surface area (Å²) in [5.41, 5.74) is 5.61. The number of methoxy groups -OCH3 is 1. The van der Waals surface area contributed by atoms with Crippen LogP contribution in [0.2, 0.25) is 0 Å². The lowest BCUT2D eigenvalue weighted by atomic mass is 10.2. The van der Waals surface area contributed by atoms with Gasteiger partial charge in [0, 0.05) is 12.9 Å². The number of hydrogen-bond acceptors (Lipinski definition) is 5. The summed E-state index contributed by atoms with van der Waals surface area (Å²) in [5.74, 6) is -0.955. The predicted molar refractivity (Wildman–Crippen MR) is 60.0 cm³/mol. The van der Waals surface area contributed by atoms with Crippen LogP contribution in [0.4, 0.5) is 0 Å². The van der Waals surface area contributed by atoms with Gasteiger partial charge in [-0.15, -0.1) is 11.8 Å². The number of nitrogens with two attached hydrogens (primary N) is 1. The minimum absolute atomic E-state index is 0.0963. The van der Waals surface area contributed by atoms with Gasteiger partial charge in [-0.2, -0.15) is 0 Å². The fraction of sp³-hybridized carbons (Fsp3) is 0.778. The van der Waals surface area contributed by atoms with Gasteiger partial charge in [-0.1, -0.05) is 0 Å². The van der Waals surface area contributed by atoms with E-state index in [4.69, 9.17) is 15.6 Å². The van der Waals surface area contributed by atoms with Crippen LogP contribution >= 0.6 is 11.8 Å². The van der Waals surface area contributed by atoms with Crippen molar-refractivity contribution in [3.63, 3.8) is 0 Å². The normalized spacial score (nSPS) is 26.8. The monoisotopic (exact) mass is 248 g/mol. The van der Waals surface area contributed by atoms with Crippen LogP contribution in [0.1, 0.15) is 6.92 Å². The summed E-state index contributed by atoms with van der Waals surface area (Å²) in [5, 5.41) is 8.83. The summed E-state index contributed by atoms with van der Waals surface area (Å²) in [7, 11) is 1.45. The Morgan fingerprint density at radius 1 is 1.69 bits per heavy atom. The molecular weight excluding hydrogens is 232 g/mol. The maximum atomic E-state index is 11.9. The minimum atomic E-state index is -0.991. The van der Waals surface area contributed by atoms with E-state index in [9.17, 15) is 9.59 Å². The standard InChI is InChI=1S/C9H16N2O4S/c1-5-11(7(4-16-5)9(13)14)8(12)6(10)3-15-2/h5-7H,3-4,10H2,1-2H3,(H,13,14). The van der Waals surface area contributed by atoms with Crippen molar-refractivity contribution in [3.8, 4) is 0 Å². The molecule has 1 heterocycles. The predicted octanol–water partition coefficient (Wildman–Crippen LogP) is -0.665. The highest BCUT2D eigenvalue weighted by Gasteiger charge is 2.40. The van der Waals surface area contributed by atoms with Gasteiger partial charge >= 0.3 is 5.97 Å². The fourth-order valence-electron chi connectivity index (χ4n) is 1.61. The maximum Gasteiger partial charge on any atom is 0.327 e. The van der Waals surface area contributed by atoms with Crippen molar-refractivity contribution in [2.75, 3.05) is 19.5 Å². The zero-order chi connectivity index (χ0) is 12.3. The molecule has 0 bridgehead atoms. The van der Waals surface area contributed by atoms with E-state index in [0.29, 0.717) is 5.75 Å². The summed E-state index contributed by atoms with van der Waals surface area (Å²) in [4.78, 5) is 24.2. The number of rotatable bonds is 4. The number of hydrogen-bond donors (Lipinski definition) is 2. The molecule has 92 valence electrons. The van der Waals surface area contributed by atoms with E-state index in [0.717, 1.165) is 0 Å². The SMILES string of the molecule is COCC(N)C(=O)N1C(C)SCC1C(=O)O. The molecule has 6 nitrogen and oxygen atoms in total. The molecule has 16 heavy (non-hydrogen) atoms. The van der Waals surface area contributed by atoms with Crippen LogP contribution in [-0.4, -0.2) is 58.8 Å².